The summed E-state index contributed by atoms with van der Waals surface area (Å²) in [7, 11) is -4.86. The second-order valence-corrected chi connectivity index (χ2v) is 6.37. The second-order valence-electron chi connectivity index (χ2n) is 5.02. The number of nitrogens with one attached hydrogen (secondary N) is 1. The van der Waals surface area contributed by atoms with Crippen LogP contribution < -0.4 is 5.32 Å². The second kappa shape index (κ2) is 6.34. The molecule has 1 N–H and O–H groups in total. The van der Waals surface area contributed by atoms with Gasteiger partial charge in [-0.3, -0.25) is 0 Å². The first-order chi connectivity index (χ1) is 10.7. The molecule has 1 aliphatic rings. The summed E-state index contributed by atoms with van der Waals surface area (Å²) in [5.41, 5.74) is 0.757. The number of rotatable bonds is 2. The third kappa shape index (κ3) is 3.40. The molecule has 0 radical (unpaired) electrons. The summed E-state index contributed by atoms with van der Waals surface area (Å²) in [6.07, 6.45) is -4.59. The van der Waals surface area contributed by atoms with E-state index in [0.717, 1.165) is 16.7 Å². The van der Waals surface area contributed by atoms with Crippen LogP contribution in [0.1, 0.15) is 11.5 Å². The molecule has 1 aliphatic heterocycles. The van der Waals surface area contributed by atoms with Crippen LogP contribution in [-0.2, 0) is 29.5 Å². The molecule has 132 valence electrons. The monoisotopic (exact) mass is 385 g/mol. The highest BCUT2D eigenvalue weighted by atomic mass is 35.5. The Morgan fingerprint density at radius 2 is 1.79 bits per heavy atom. The van der Waals surface area contributed by atoms with Gasteiger partial charge in [-0.2, -0.15) is 21.6 Å². The molecular weight excluding hydrogens is 374 g/mol. The molecule has 3 rings (SSSR count). The summed E-state index contributed by atoms with van der Waals surface area (Å²) in [4.78, 5) is 3.13. The van der Waals surface area contributed by atoms with Gasteiger partial charge < -0.3 is 9.88 Å². The van der Waals surface area contributed by atoms with Crippen molar-refractivity contribution in [1.82, 2.24) is 14.9 Å². The standard InChI is InChI=1S/C13H11F4N3O2S.ClH/c14-13(15,16)12-19-11(10-7-18-5-6-20(10)12)8-1-3-9(4-2-8)23(17,21)22;/h1-4,18H,5-7H2;1H. The van der Waals surface area contributed by atoms with Crippen LogP contribution in [-0.4, -0.2) is 24.5 Å². The first-order valence-electron chi connectivity index (χ1n) is 6.60. The Labute approximate surface area is 141 Å². The molecule has 0 unspecified atom stereocenters. The van der Waals surface area contributed by atoms with Crippen LogP contribution in [0.3, 0.4) is 0 Å². The number of aromatic nitrogens is 2. The quantitative estimate of drug-likeness (QED) is 0.638. The zero-order chi connectivity index (χ0) is 16.8. The minimum atomic E-state index is -4.86. The number of halogens is 5. The molecular formula is C13H12ClF4N3O2S. The van der Waals surface area contributed by atoms with Gasteiger partial charge in [0.25, 0.3) is 0 Å². The Morgan fingerprint density at radius 3 is 2.33 bits per heavy atom. The average Bonchev–Trinajstić information content (AvgIpc) is 2.86. The molecule has 0 fully saturated rings. The predicted molar refractivity (Wildman–Crippen MR) is 79.9 cm³/mol. The van der Waals surface area contributed by atoms with Gasteiger partial charge in [-0.25, -0.2) is 4.98 Å². The lowest BCUT2D eigenvalue weighted by Crippen LogP contribution is -2.30. The lowest BCUT2D eigenvalue weighted by Gasteiger charge is -2.19. The molecule has 0 saturated heterocycles. The van der Waals surface area contributed by atoms with E-state index in [2.05, 4.69) is 10.3 Å². The molecule has 0 bridgehead atoms. The van der Waals surface area contributed by atoms with E-state index in [1.165, 1.54) is 12.1 Å². The summed E-state index contributed by atoms with van der Waals surface area (Å²) in [6, 6.07) is 4.48. The number of alkyl halides is 3. The third-order valence-electron chi connectivity index (χ3n) is 3.54. The molecule has 11 heteroatoms. The third-order valence-corrected chi connectivity index (χ3v) is 4.38. The fraction of sp³-hybridized carbons (Fsp3) is 0.308. The maximum atomic E-state index is 13.1. The van der Waals surface area contributed by atoms with Gasteiger partial charge in [0.15, 0.2) is 0 Å². The van der Waals surface area contributed by atoms with Gasteiger partial charge in [0.2, 0.25) is 5.82 Å². The molecule has 24 heavy (non-hydrogen) atoms. The number of benzene rings is 1. The first-order valence-corrected chi connectivity index (χ1v) is 7.98. The van der Waals surface area contributed by atoms with E-state index in [0.29, 0.717) is 17.8 Å². The van der Waals surface area contributed by atoms with Crippen LogP contribution >= 0.6 is 12.4 Å². The number of nitrogens with zero attached hydrogens (tertiary/aromatic N) is 2. The Kier molecular flexibility index (Phi) is 4.93. The van der Waals surface area contributed by atoms with Crippen LogP contribution in [0, 0.1) is 0 Å². The zero-order valence-electron chi connectivity index (χ0n) is 12.0. The molecule has 0 aliphatic carbocycles. The van der Waals surface area contributed by atoms with E-state index in [1.54, 1.807) is 0 Å². The largest absolute Gasteiger partial charge is 0.449 e. The summed E-state index contributed by atoms with van der Waals surface area (Å²) in [5.74, 6) is -0.994. The van der Waals surface area contributed by atoms with Crippen molar-refractivity contribution in [2.24, 2.45) is 0 Å². The molecule has 1 aromatic carbocycles. The van der Waals surface area contributed by atoms with E-state index in [9.17, 15) is 25.5 Å². The Hall–Kier alpha value is -1.65. The topological polar surface area (TPSA) is 64.0 Å². The Bertz CT molecular complexity index is 847. The molecule has 5 nitrogen and oxygen atoms in total. The minimum Gasteiger partial charge on any atom is -0.321 e. The predicted octanol–water partition coefficient (Wildman–Crippen LogP) is 2.75. The Morgan fingerprint density at radius 1 is 1.17 bits per heavy atom. The van der Waals surface area contributed by atoms with Crippen LogP contribution in [0.4, 0.5) is 17.1 Å². The van der Waals surface area contributed by atoms with Gasteiger partial charge in [-0.05, 0) is 12.1 Å². The fourth-order valence-electron chi connectivity index (χ4n) is 2.53. The molecule has 0 amide bonds. The van der Waals surface area contributed by atoms with Crippen molar-refractivity contribution in [3.8, 4) is 11.3 Å². The normalized spacial score (nSPS) is 14.8. The van der Waals surface area contributed by atoms with Crippen LogP contribution in [0.5, 0.6) is 0 Å². The summed E-state index contributed by atoms with van der Waals surface area (Å²) < 4.78 is 74.9. The molecule has 2 aromatic rings. The highest BCUT2D eigenvalue weighted by Crippen LogP contribution is 2.34. The van der Waals surface area contributed by atoms with Gasteiger partial charge in [0, 0.05) is 25.2 Å². The maximum Gasteiger partial charge on any atom is 0.449 e. The highest BCUT2D eigenvalue weighted by Gasteiger charge is 2.39. The van der Waals surface area contributed by atoms with Crippen molar-refractivity contribution in [1.29, 1.82) is 0 Å². The van der Waals surface area contributed by atoms with Gasteiger partial charge in [0.05, 0.1) is 16.3 Å². The van der Waals surface area contributed by atoms with Crippen molar-refractivity contribution >= 4 is 22.6 Å². The summed E-state index contributed by atoms with van der Waals surface area (Å²) in [5, 5.41) is 2.97. The summed E-state index contributed by atoms with van der Waals surface area (Å²) in [6.45, 7) is 0.737. The van der Waals surface area contributed by atoms with Gasteiger partial charge in [-0.1, -0.05) is 12.1 Å². The van der Waals surface area contributed by atoms with Crippen LogP contribution in [0.2, 0.25) is 0 Å². The molecule has 1 aromatic heterocycles. The Balaban J connectivity index is 0.00000208. The number of hydrogen-bond acceptors (Lipinski definition) is 4. The molecule has 0 atom stereocenters. The number of hydrogen-bond donors (Lipinski definition) is 1. The van der Waals surface area contributed by atoms with Gasteiger partial charge >= 0.3 is 16.4 Å². The van der Waals surface area contributed by atoms with Crippen molar-refractivity contribution in [2.45, 2.75) is 24.2 Å². The van der Waals surface area contributed by atoms with E-state index in [1.807, 2.05) is 0 Å². The zero-order valence-corrected chi connectivity index (χ0v) is 13.6. The van der Waals surface area contributed by atoms with Gasteiger partial charge in [-0.15, -0.1) is 16.3 Å². The molecule has 0 spiro atoms. The van der Waals surface area contributed by atoms with Crippen LogP contribution in [0.25, 0.3) is 11.3 Å². The number of imidazole rings is 1. The molecule has 2 heterocycles. The summed E-state index contributed by atoms with van der Waals surface area (Å²) >= 11 is 0. The van der Waals surface area contributed by atoms with E-state index in [4.69, 9.17) is 0 Å². The SMILES string of the molecule is Cl.O=S(=O)(F)c1ccc(-c2nc(C(F)(F)F)n3c2CNCC3)cc1. The van der Waals surface area contributed by atoms with E-state index >= 15 is 0 Å². The van der Waals surface area contributed by atoms with Crippen molar-refractivity contribution in [3.05, 3.63) is 35.8 Å². The van der Waals surface area contributed by atoms with Crippen molar-refractivity contribution in [3.63, 3.8) is 0 Å². The van der Waals surface area contributed by atoms with E-state index < -0.39 is 27.1 Å². The maximum absolute atomic E-state index is 13.1. The lowest BCUT2D eigenvalue weighted by molar-refractivity contribution is -0.147. The minimum absolute atomic E-state index is 0. The van der Waals surface area contributed by atoms with Crippen molar-refractivity contribution < 1.29 is 25.5 Å². The van der Waals surface area contributed by atoms with E-state index in [-0.39, 0.29) is 31.2 Å². The number of fused-ring (bicyclic) bond motifs is 1. The smallest absolute Gasteiger partial charge is 0.321 e. The average molecular weight is 386 g/mol. The van der Waals surface area contributed by atoms with Crippen LogP contribution in [0.15, 0.2) is 29.2 Å². The van der Waals surface area contributed by atoms with Crippen molar-refractivity contribution in [2.75, 3.05) is 6.54 Å². The highest BCUT2D eigenvalue weighted by molar-refractivity contribution is 7.86. The van der Waals surface area contributed by atoms with Gasteiger partial charge in [0.1, 0.15) is 0 Å². The molecule has 0 saturated carbocycles. The fourth-order valence-corrected chi connectivity index (χ4v) is 2.99. The lowest BCUT2D eigenvalue weighted by atomic mass is 10.1. The first kappa shape index (κ1) is 18.7.